The third-order valence-electron chi connectivity index (χ3n) is 4.44. The van der Waals surface area contributed by atoms with E-state index in [0.717, 1.165) is 25.1 Å². The number of nitrogens with zero attached hydrogens (tertiary/aromatic N) is 2. The van der Waals surface area contributed by atoms with Crippen molar-refractivity contribution in [2.45, 2.75) is 58.4 Å². The predicted octanol–water partition coefficient (Wildman–Crippen LogP) is 2.96. The van der Waals surface area contributed by atoms with Gasteiger partial charge >= 0.3 is 5.97 Å². The van der Waals surface area contributed by atoms with Crippen LogP contribution in [-0.4, -0.2) is 22.6 Å². The monoisotopic (exact) mass is 279 g/mol. The molecule has 1 fully saturated rings. The van der Waals surface area contributed by atoms with E-state index in [4.69, 9.17) is 10.5 Å². The first kappa shape index (κ1) is 14.9. The first-order chi connectivity index (χ1) is 9.63. The summed E-state index contributed by atoms with van der Waals surface area (Å²) in [5.74, 6) is 1.54. The topological polar surface area (TPSA) is 70.1 Å². The molecule has 0 aliphatic heterocycles. The maximum atomic E-state index is 11.8. The molecule has 1 heterocycles. The average Bonchev–Trinajstić information content (AvgIpc) is 2.83. The number of aromatic nitrogens is 2. The Labute approximate surface area is 120 Å². The van der Waals surface area contributed by atoms with E-state index in [1.807, 2.05) is 6.92 Å². The molecule has 0 radical (unpaired) electrons. The molecule has 5 heteroatoms. The quantitative estimate of drug-likeness (QED) is 0.860. The average molecular weight is 279 g/mol. The van der Waals surface area contributed by atoms with Gasteiger partial charge in [0.15, 0.2) is 5.69 Å². The Bertz CT molecular complexity index is 482. The van der Waals surface area contributed by atoms with Crippen molar-refractivity contribution in [3.63, 3.8) is 0 Å². The summed E-state index contributed by atoms with van der Waals surface area (Å²) in [6.07, 6.45) is 6.76. The highest BCUT2D eigenvalue weighted by Gasteiger charge is 2.30. The highest BCUT2D eigenvalue weighted by atomic mass is 16.5. The molecule has 2 rings (SSSR count). The largest absolute Gasteiger partial charge is 0.464 e. The summed E-state index contributed by atoms with van der Waals surface area (Å²) >= 11 is 0. The highest BCUT2D eigenvalue weighted by molar-refractivity contribution is 5.92. The Kier molecular flexibility index (Phi) is 4.68. The number of carbonyl (C=O) groups excluding carboxylic acids is 1. The molecule has 2 unspecified atom stereocenters. The third-order valence-corrected chi connectivity index (χ3v) is 4.44. The van der Waals surface area contributed by atoms with Crippen LogP contribution in [-0.2, 0) is 11.2 Å². The molecule has 5 nitrogen and oxygen atoms in total. The zero-order valence-corrected chi connectivity index (χ0v) is 12.7. The van der Waals surface area contributed by atoms with Gasteiger partial charge in [-0.2, -0.15) is 0 Å². The molecule has 112 valence electrons. The second-order valence-corrected chi connectivity index (χ2v) is 5.50. The van der Waals surface area contributed by atoms with E-state index in [1.165, 1.54) is 26.4 Å². The second kappa shape index (κ2) is 6.29. The molecule has 0 saturated heterocycles. The first-order valence-corrected chi connectivity index (χ1v) is 7.58. The number of hydrogen-bond donors (Lipinski definition) is 1. The fourth-order valence-electron chi connectivity index (χ4n) is 3.36. The van der Waals surface area contributed by atoms with Crippen molar-refractivity contribution in [3.8, 4) is 0 Å². The number of esters is 1. The van der Waals surface area contributed by atoms with Crippen LogP contribution in [0.25, 0.3) is 0 Å². The van der Waals surface area contributed by atoms with Gasteiger partial charge < -0.3 is 15.0 Å². The standard InChI is InChI=1S/C15H25N3O2/c1-4-10-8-6-7-9-11(10)18-12(5-2)17-13(14(18)16)15(19)20-3/h10-11H,4-9,16H2,1-3H3. The Morgan fingerprint density at radius 2 is 2.10 bits per heavy atom. The van der Waals surface area contributed by atoms with Crippen LogP contribution in [0.4, 0.5) is 5.82 Å². The zero-order valence-electron chi connectivity index (χ0n) is 12.7. The minimum atomic E-state index is -0.445. The van der Waals surface area contributed by atoms with Crippen molar-refractivity contribution in [1.29, 1.82) is 0 Å². The molecular weight excluding hydrogens is 254 g/mol. The fourth-order valence-corrected chi connectivity index (χ4v) is 3.36. The van der Waals surface area contributed by atoms with E-state index in [2.05, 4.69) is 16.5 Å². The number of aryl methyl sites for hydroxylation is 1. The summed E-state index contributed by atoms with van der Waals surface area (Å²) in [4.78, 5) is 16.2. The molecule has 2 atom stereocenters. The van der Waals surface area contributed by atoms with E-state index in [-0.39, 0.29) is 5.69 Å². The minimum absolute atomic E-state index is 0.268. The zero-order chi connectivity index (χ0) is 14.7. The molecular formula is C15H25N3O2. The van der Waals surface area contributed by atoms with Crippen molar-refractivity contribution >= 4 is 11.8 Å². The number of anilines is 1. The van der Waals surface area contributed by atoms with E-state index >= 15 is 0 Å². The maximum absolute atomic E-state index is 11.8. The summed E-state index contributed by atoms with van der Waals surface area (Å²) in [6.45, 7) is 4.27. The Morgan fingerprint density at radius 3 is 2.70 bits per heavy atom. The van der Waals surface area contributed by atoms with Crippen LogP contribution in [0.15, 0.2) is 0 Å². The molecule has 0 bridgehead atoms. The Morgan fingerprint density at radius 1 is 1.40 bits per heavy atom. The van der Waals surface area contributed by atoms with Gasteiger partial charge in [0, 0.05) is 12.5 Å². The van der Waals surface area contributed by atoms with Crippen molar-refractivity contribution in [2.75, 3.05) is 12.8 Å². The van der Waals surface area contributed by atoms with Gasteiger partial charge in [-0.1, -0.05) is 33.1 Å². The van der Waals surface area contributed by atoms with E-state index in [9.17, 15) is 4.79 Å². The predicted molar refractivity (Wildman–Crippen MR) is 78.6 cm³/mol. The lowest BCUT2D eigenvalue weighted by Crippen LogP contribution is -2.25. The number of hydrogen-bond acceptors (Lipinski definition) is 4. The first-order valence-electron chi connectivity index (χ1n) is 7.58. The van der Waals surface area contributed by atoms with Crippen LogP contribution in [0.2, 0.25) is 0 Å². The molecule has 1 aliphatic carbocycles. The van der Waals surface area contributed by atoms with Crippen molar-refractivity contribution in [1.82, 2.24) is 9.55 Å². The summed E-state index contributed by atoms with van der Waals surface area (Å²) in [5, 5.41) is 0. The van der Waals surface area contributed by atoms with E-state index in [0.29, 0.717) is 17.8 Å². The molecule has 2 N–H and O–H groups in total. The van der Waals surface area contributed by atoms with Gasteiger partial charge in [-0.3, -0.25) is 0 Å². The normalized spacial score (nSPS) is 22.8. The summed E-state index contributed by atoms with van der Waals surface area (Å²) < 4.78 is 6.87. The van der Waals surface area contributed by atoms with Crippen molar-refractivity contribution in [2.24, 2.45) is 5.92 Å². The Balaban J connectivity index is 2.43. The number of methoxy groups -OCH3 is 1. The van der Waals surface area contributed by atoms with Crippen LogP contribution < -0.4 is 5.73 Å². The lowest BCUT2D eigenvalue weighted by molar-refractivity contribution is 0.0595. The van der Waals surface area contributed by atoms with Crippen LogP contribution in [0.1, 0.15) is 68.3 Å². The van der Waals surface area contributed by atoms with Crippen LogP contribution in [0.5, 0.6) is 0 Å². The number of nitrogen functional groups attached to an aromatic ring is 1. The molecule has 1 saturated carbocycles. The molecule has 0 spiro atoms. The van der Waals surface area contributed by atoms with Crippen molar-refractivity contribution in [3.05, 3.63) is 11.5 Å². The van der Waals surface area contributed by atoms with Crippen molar-refractivity contribution < 1.29 is 9.53 Å². The number of ether oxygens (including phenoxy) is 1. The lowest BCUT2D eigenvalue weighted by atomic mass is 9.82. The lowest BCUT2D eigenvalue weighted by Gasteiger charge is -2.33. The number of rotatable bonds is 4. The smallest absolute Gasteiger partial charge is 0.360 e. The number of nitrogens with two attached hydrogens (primary N) is 1. The van der Waals surface area contributed by atoms with Gasteiger partial charge in [0.2, 0.25) is 0 Å². The van der Waals surface area contributed by atoms with Gasteiger partial charge in [0.05, 0.1) is 7.11 Å². The summed E-state index contributed by atoms with van der Waals surface area (Å²) in [6, 6.07) is 0.370. The van der Waals surface area contributed by atoms with Crippen LogP contribution in [0, 0.1) is 5.92 Å². The van der Waals surface area contributed by atoms with Gasteiger partial charge in [-0.05, 0) is 18.8 Å². The molecule has 1 aromatic rings. The maximum Gasteiger partial charge on any atom is 0.360 e. The van der Waals surface area contributed by atoms with Crippen LogP contribution >= 0.6 is 0 Å². The van der Waals surface area contributed by atoms with Gasteiger partial charge in [0.25, 0.3) is 0 Å². The molecule has 1 aliphatic rings. The second-order valence-electron chi connectivity index (χ2n) is 5.50. The molecule has 1 aromatic heterocycles. The SMILES string of the molecule is CCc1nc(C(=O)OC)c(N)n1C1CCCCC1CC. The van der Waals surface area contributed by atoms with Crippen LogP contribution in [0.3, 0.4) is 0 Å². The fraction of sp³-hybridized carbons (Fsp3) is 0.733. The van der Waals surface area contributed by atoms with E-state index < -0.39 is 5.97 Å². The summed E-state index contributed by atoms with van der Waals surface area (Å²) in [7, 11) is 1.36. The van der Waals surface area contributed by atoms with Gasteiger partial charge in [0.1, 0.15) is 11.6 Å². The van der Waals surface area contributed by atoms with E-state index in [1.54, 1.807) is 0 Å². The molecule has 20 heavy (non-hydrogen) atoms. The molecule has 0 amide bonds. The van der Waals surface area contributed by atoms with Gasteiger partial charge in [-0.25, -0.2) is 9.78 Å². The number of carbonyl (C=O) groups is 1. The number of imidazole rings is 1. The summed E-state index contributed by atoms with van der Waals surface area (Å²) in [5.41, 5.74) is 6.47. The third kappa shape index (κ3) is 2.53. The Hall–Kier alpha value is -1.52. The highest BCUT2D eigenvalue weighted by Crippen LogP contribution is 2.38. The minimum Gasteiger partial charge on any atom is -0.464 e. The molecule has 0 aromatic carbocycles. The van der Waals surface area contributed by atoms with Gasteiger partial charge in [-0.15, -0.1) is 0 Å².